The summed E-state index contributed by atoms with van der Waals surface area (Å²) in [6.45, 7) is 2.93. The molecule has 1 aliphatic rings. The minimum absolute atomic E-state index is 0.269. The van der Waals surface area contributed by atoms with E-state index in [1.807, 2.05) is 18.2 Å². The van der Waals surface area contributed by atoms with E-state index >= 15 is 0 Å². The fourth-order valence-corrected chi connectivity index (χ4v) is 2.24. The second-order valence-electron chi connectivity index (χ2n) is 4.65. The van der Waals surface area contributed by atoms with E-state index in [1.54, 1.807) is 0 Å². The van der Waals surface area contributed by atoms with Crippen LogP contribution in [-0.2, 0) is 6.42 Å². The molecule has 0 heterocycles. The van der Waals surface area contributed by atoms with E-state index in [0.717, 1.165) is 37.2 Å². The summed E-state index contributed by atoms with van der Waals surface area (Å²) >= 11 is 0. The van der Waals surface area contributed by atoms with Crippen molar-refractivity contribution < 1.29 is 9.53 Å². The quantitative estimate of drug-likeness (QED) is 0.722. The number of Topliss-reactive ketones (excluding diaryl/α,β-unsaturated/α-hetero) is 1. The van der Waals surface area contributed by atoms with Crippen LogP contribution in [0.2, 0.25) is 0 Å². The molecule has 1 aliphatic carbocycles. The zero-order chi connectivity index (χ0) is 12.1. The molecule has 92 valence electrons. The molecule has 0 aromatic heterocycles. The number of unbranched alkanes of at least 4 members (excludes halogenated alkanes) is 2. The topological polar surface area (TPSA) is 26.3 Å². The first-order valence-corrected chi connectivity index (χ1v) is 6.60. The third-order valence-corrected chi connectivity index (χ3v) is 3.25. The Morgan fingerprint density at radius 3 is 2.94 bits per heavy atom. The highest BCUT2D eigenvalue weighted by Crippen LogP contribution is 2.25. The lowest BCUT2D eigenvalue weighted by atomic mass is 9.90. The minimum Gasteiger partial charge on any atom is -0.494 e. The molecule has 0 atom stereocenters. The summed E-state index contributed by atoms with van der Waals surface area (Å²) in [5.74, 6) is 1.11. The number of benzene rings is 1. The molecular formula is C15H20O2. The maximum absolute atomic E-state index is 11.8. The minimum atomic E-state index is 0.269. The Balaban J connectivity index is 2.00. The average Bonchev–Trinajstić information content (AvgIpc) is 2.36. The van der Waals surface area contributed by atoms with Crippen molar-refractivity contribution in [1.29, 1.82) is 0 Å². The summed E-state index contributed by atoms with van der Waals surface area (Å²) in [5.41, 5.74) is 2.06. The first-order valence-electron chi connectivity index (χ1n) is 6.60. The maximum atomic E-state index is 11.8. The first-order chi connectivity index (χ1) is 8.31. The van der Waals surface area contributed by atoms with Gasteiger partial charge in [0.2, 0.25) is 0 Å². The summed E-state index contributed by atoms with van der Waals surface area (Å²) in [6.07, 6.45) is 6.18. The number of ketones is 1. The number of ether oxygens (including phenoxy) is 1. The molecule has 0 amide bonds. The number of aryl methyl sites for hydroxylation is 1. The van der Waals surface area contributed by atoms with Gasteiger partial charge in [0, 0.05) is 12.0 Å². The van der Waals surface area contributed by atoms with Gasteiger partial charge in [0.1, 0.15) is 5.75 Å². The number of rotatable bonds is 5. The van der Waals surface area contributed by atoms with Crippen LogP contribution in [0.1, 0.15) is 54.9 Å². The zero-order valence-electron chi connectivity index (χ0n) is 10.5. The van der Waals surface area contributed by atoms with Gasteiger partial charge < -0.3 is 4.74 Å². The lowest BCUT2D eigenvalue weighted by Crippen LogP contribution is -2.11. The second-order valence-corrected chi connectivity index (χ2v) is 4.65. The van der Waals surface area contributed by atoms with Crippen LogP contribution >= 0.6 is 0 Å². The van der Waals surface area contributed by atoms with Gasteiger partial charge in [-0.15, -0.1) is 0 Å². The number of hydrogen-bond acceptors (Lipinski definition) is 2. The summed E-state index contributed by atoms with van der Waals surface area (Å²) in [5, 5.41) is 0. The molecular weight excluding hydrogens is 212 g/mol. The van der Waals surface area contributed by atoms with E-state index < -0.39 is 0 Å². The SMILES string of the molecule is CCCCCOc1ccc2c(c1)C(=O)CCC2. The third-order valence-electron chi connectivity index (χ3n) is 3.25. The second kappa shape index (κ2) is 5.85. The van der Waals surface area contributed by atoms with Gasteiger partial charge in [0.15, 0.2) is 5.78 Å². The molecule has 2 heteroatoms. The molecule has 0 unspecified atom stereocenters. The smallest absolute Gasteiger partial charge is 0.163 e. The van der Waals surface area contributed by atoms with E-state index in [4.69, 9.17) is 4.74 Å². The van der Waals surface area contributed by atoms with Crippen molar-refractivity contribution in [2.75, 3.05) is 6.61 Å². The number of carbonyl (C=O) groups excluding carboxylic acids is 1. The van der Waals surface area contributed by atoms with E-state index in [1.165, 1.54) is 18.4 Å². The van der Waals surface area contributed by atoms with Crippen LogP contribution < -0.4 is 4.74 Å². The Labute approximate surface area is 103 Å². The van der Waals surface area contributed by atoms with Crippen molar-refractivity contribution in [3.63, 3.8) is 0 Å². The van der Waals surface area contributed by atoms with Gasteiger partial charge >= 0.3 is 0 Å². The average molecular weight is 232 g/mol. The highest BCUT2D eigenvalue weighted by Gasteiger charge is 2.17. The molecule has 0 N–H and O–H groups in total. The molecule has 17 heavy (non-hydrogen) atoms. The lowest BCUT2D eigenvalue weighted by molar-refractivity contribution is 0.0972. The fourth-order valence-electron chi connectivity index (χ4n) is 2.24. The largest absolute Gasteiger partial charge is 0.494 e. The Kier molecular flexibility index (Phi) is 4.18. The van der Waals surface area contributed by atoms with Crippen molar-refractivity contribution >= 4 is 5.78 Å². The van der Waals surface area contributed by atoms with Gasteiger partial charge in [-0.1, -0.05) is 25.8 Å². The number of hydrogen-bond donors (Lipinski definition) is 0. The molecule has 2 nitrogen and oxygen atoms in total. The van der Waals surface area contributed by atoms with Crippen molar-refractivity contribution in [2.45, 2.75) is 45.4 Å². The van der Waals surface area contributed by atoms with Gasteiger partial charge in [-0.05, 0) is 37.0 Å². The Morgan fingerprint density at radius 2 is 2.12 bits per heavy atom. The van der Waals surface area contributed by atoms with Crippen LogP contribution in [0.25, 0.3) is 0 Å². The van der Waals surface area contributed by atoms with Crippen LogP contribution in [0.5, 0.6) is 5.75 Å². The summed E-state index contributed by atoms with van der Waals surface area (Å²) in [7, 11) is 0. The van der Waals surface area contributed by atoms with E-state index in [9.17, 15) is 4.79 Å². The first kappa shape index (κ1) is 12.2. The molecule has 2 rings (SSSR count). The van der Waals surface area contributed by atoms with Crippen molar-refractivity contribution in [3.8, 4) is 5.75 Å². The predicted molar refractivity (Wildman–Crippen MR) is 68.7 cm³/mol. The van der Waals surface area contributed by atoms with E-state index in [-0.39, 0.29) is 5.78 Å². The Morgan fingerprint density at radius 1 is 1.24 bits per heavy atom. The summed E-state index contributed by atoms with van der Waals surface area (Å²) < 4.78 is 5.67. The van der Waals surface area contributed by atoms with Crippen LogP contribution in [0.4, 0.5) is 0 Å². The zero-order valence-corrected chi connectivity index (χ0v) is 10.5. The number of fused-ring (bicyclic) bond motifs is 1. The van der Waals surface area contributed by atoms with Gasteiger partial charge in [0.25, 0.3) is 0 Å². The van der Waals surface area contributed by atoms with Crippen molar-refractivity contribution in [2.24, 2.45) is 0 Å². The monoisotopic (exact) mass is 232 g/mol. The molecule has 0 saturated heterocycles. The number of carbonyl (C=O) groups is 1. The Bertz CT molecular complexity index is 396. The predicted octanol–water partition coefficient (Wildman–Crippen LogP) is 3.77. The summed E-state index contributed by atoms with van der Waals surface area (Å²) in [4.78, 5) is 11.8. The normalized spacial score (nSPS) is 14.5. The van der Waals surface area contributed by atoms with Crippen LogP contribution in [0.15, 0.2) is 18.2 Å². The van der Waals surface area contributed by atoms with Crippen LogP contribution in [-0.4, -0.2) is 12.4 Å². The fraction of sp³-hybridized carbons (Fsp3) is 0.533. The molecule has 0 spiro atoms. The van der Waals surface area contributed by atoms with Gasteiger partial charge in [0.05, 0.1) is 6.61 Å². The van der Waals surface area contributed by atoms with E-state index in [2.05, 4.69) is 6.92 Å². The van der Waals surface area contributed by atoms with Crippen LogP contribution in [0, 0.1) is 0 Å². The van der Waals surface area contributed by atoms with Gasteiger partial charge in [-0.2, -0.15) is 0 Å². The third kappa shape index (κ3) is 3.09. The van der Waals surface area contributed by atoms with E-state index in [0.29, 0.717) is 6.42 Å². The molecule has 1 aromatic rings. The Hall–Kier alpha value is -1.31. The van der Waals surface area contributed by atoms with Crippen LogP contribution in [0.3, 0.4) is 0 Å². The molecule has 0 fully saturated rings. The van der Waals surface area contributed by atoms with Gasteiger partial charge in [-0.3, -0.25) is 4.79 Å². The molecule has 0 radical (unpaired) electrons. The van der Waals surface area contributed by atoms with Crippen molar-refractivity contribution in [3.05, 3.63) is 29.3 Å². The molecule has 0 aliphatic heterocycles. The molecule has 0 bridgehead atoms. The highest BCUT2D eigenvalue weighted by atomic mass is 16.5. The maximum Gasteiger partial charge on any atom is 0.163 e. The highest BCUT2D eigenvalue weighted by molar-refractivity contribution is 5.98. The van der Waals surface area contributed by atoms with Gasteiger partial charge in [-0.25, -0.2) is 0 Å². The standard InChI is InChI=1S/C15H20O2/c1-2-3-4-10-17-13-9-8-12-6-5-7-15(16)14(12)11-13/h8-9,11H,2-7,10H2,1H3. The summed E-state index contributed by atoms with van der Waals surface area (Å²) in [6, 6.07) is 5.95. The molecule has 1 aromatic carbocycles. The van der Waals surface area contributed by atoms with Crippen molar-refractivity contribution in [1.82, 2.24) is 0 Å². The lowest BCUT2D eigenvalue weighted by Gasteiger charge is -2.15. The molecule has 0 saturated carbocycles.